The molecular weight excluding hydrogens is 358 g/mol. The second kappa shape index (κ2) is 21.6. The minimum atomic E-state index is -0.935. The average Bonchev–Trinajstić information content (AvgIpc) is 2.69. The van der Waals surface area contributed by atoms with Crippen LogP contribution in [-0.4, -0.2) is 29.6 Å². The number of hydrogen-bond acceptors (Lipinski definition) is 4. The van der Waals surface area contributed by atoms with E-state index in [1.54, 1.807) is 0 Å². The first-order valence-electron chi connectivity index (χ1n) is 8.43. The lowest BCUT2D eigenvalue weighted by molar-refractivity contribution is -0.138. The van der Waals surface area contributed by atoms with Crippen LogP contribution in [0.15, 0.2) is 74.4 Å². The molecule has 1 aromatic carbocycles. The number of aliphatic carboxylic acids is 1. The normalized spacial score (nSPS) is 7.93. The van der Waals surface area contributed by atoms with E-state index in [4.69, 9.17) is 5.11 Å². The van der Waals surface area contributed by atoms with E-state index < -0.39 is 11.9 Å². The molecule has 0 bridgehead atoms. The number of rotatable bonds is 7. The lowest BCUT2D eigenvalue weighted by Crippen LogP contribution is -2.04. The summed E-state index contributed by atoms with van der Waals surface area (Å²) in [5.41, 5.74) is 5.88. The Hall–Kier alpha value is -3.41. The van der Waals surface area contributed by atoms with Gasteiger partial charge in [-0.2, -0.15) is 0 Å². The zero-order chi connectivity index (χ0) is 22.4. The van der Waals surface area contributed by atoms with Gasteiger partial charge in [-0.3, -0.25) is 4.79 Å². The number of unbranched alkanes of at least 4 members (excludes halogenated alkanes) is 1. The number of amides is 1. The number of esters is 1. The predicted molar refractivity (Wildman–Crippen MR) is 114 cm³/mol. The number of carboxylic acids is 1. The molecule has 0 radical (unpaired) electrons. The summed E-state index contributed by atoms with van der Waals surface area (Å²) < 4.78 is 4.67. The molecule has 0 atom stereocenters. The van der Waals surface area contributed by atoms with Gasteiger partial charge in [-0.25, -0.2) is 9.59 Å². The van der Waals surface area contributed by atoms with Crippen LogP contribution in [0.25, 0.3) is 6.08 Å². The molecule has 6 heteroatoms. The van der Waals surface area contributed by atoms with Crippen LogP contribution < -0.4 is 5.73 Å². The zero-order valence-corrected chi connectivity index (χ0v) is 16.7. The van der Waals surface area contributed by atoms with Crippen LogP contribution in [0, 0.1) is 0 Å². The number of carbonyl (C=O) groups excluding carboxylic acids is 2. The molecule has 154 valence electrons. The van der Waals surface area contributed by atoms with Gasteiger partial charge in [0.2, 0.25) is 5.91 Å². The standard InChI is InChI=1S/C8H8.C7H12O2.C4H6O2.C3H5NO/c1-2-8-6-4-3-5-7-8;1-3-5-6-9-7(8)4-2;1-3(2)4(5)6;1-2-3(4)5/h2-7H,1H2;4H,2-3,5-6H2,1H3;1H2,2H3,(H,5,6);2H,1H2,(H2,4,5). The van der Waals surface area contributed by atoms with Crippen LogP contribution in [0.4, 0.5) is 0 Å². The molecule has 3 N–H and O–H groups in total. The number of benzene rings is 1. The van der Waals surface area contributed by atoms with Gasteiger partial charge in [0.15, 0.2) is 0 Å². The van der Waals surface area contributed by atoms with Crippen LogP contribution in [0.3, 0.4) is 0 Å². The maximum atomic E-state index is 10.3. The lowest BCUT2D eigenvalue weighted by atomic mass is 10.2. The Bertz CT molecular complexity index is 609. The molecule has 28 heavy (non-hydrogen) atoms. The maximum Gasteiger partial charge on any atom is 0.330 e. The van der Waals surface area contributed by atoms with E-state index >= 15 is 0 Å². The molecular formula is C22H31NO5. The molecule has 0 saturated heterocycles. The highest BCUT2D eigenvalue weighted by Gasteiger charge is 1.91. The second-order valence-corrected chi connectivity index (χ2v) is 5.03. The SMILES string of the molecule is C=C(C)C(=O)O.C=CC(=O)OCCCC.C=CC(N)=O.C=Cc1ccccc1. The molecule has 0 aliphatic carbocycles. The molecule has 1 amide bonds. The van der Waals surface area contributed by atoms with E-state index in [-0.39, 0.29) is 11.5 Å². The van der Waals surface area contributed by atoms with E-state index in [9.17, 15) is 14.4 Å². The summed E-state index contributed by atoms with van der Waals surface area (Å²) in [5.74, 6) is -1.75. The van der Waals surface area contributed by atoms with Gasteiger partial charge >= 0.3 is 11.9 Å². The summed E-state index contributed by atoms with van der Waals surface area (Å²) >= 11 is 0. The number of nitrogens with two attached hydrogens (primary N) is 1. The van der Waals surface area contributed by atoms with Crippen LogP contribution in [0.1, 0.15) is 32.3 Å². The maximum absolute atomic E-state index is 10.3. The van der Waals surface area contributed by atoms with E-state index in [2.05, 4.69) is 36.8 Å². The Labute approximate surface area is 167 Å². The Kier molecular flexibility index (Phi) is 22.7. The minimum absolute atomic E-state index is 0.176. The van der Waals surface area contributed by atoms with Crippen LogP contribution in [0.2, 0.25) is 0 Å². The highest BCUT2D eigenvalue weighted by molar-refractivity contribution is 5.85. The number of hydrogen-bond donors (Lipinski definition) is 2. The third-order valence-corrected chi connectivity index (χ3v) is 2.51. The highest BCUT2D eigenvalue weighted by Crippen LogP contribution is 1.97. The van der Waals surface area contributed by atoms with E-state index in [0.717, 1.165) is 18.9 Å². The van der Waals surface area contributed by atoms with Gasteiger partial charge in [0.1, 0.15) is 0 Å². The third kappa shape index (κ3) is 27.4. The van der Waals surface area contributed by atoms with Gasteiger partial charge in [0.05, 0.1) is 6.61 Å². The molecule has 1 rings (SSSR count). The van der Waals surface area contributed by atoms with Gasteiger partial charge < -0.3 is 15.6 Å². The summed E-state index contributed by atoms with van der Waals surface area (Å²) in [6, 6.07) is 10.0. The fraction of sp³-hybridized carbons (Fsp3) is 0.227. The lowest BCUT2D eigenvalue weighted by Gasteiger charge is -1.97. The minimum Gasteiger partial charge on any atom is -0.478 e. The van der Waals surface area contributed by atoms with Crippen molar-refractivity contribution in [2.45, 2.75) is 26.7 Å². The number of primary amides is 1. The van der Waals surface area contributed by atoms with Gasteiger partial charge in [0.25, 0.3) is 0 Å². The molecule has 0 aliphatic rings. The number of carbonyl (C=O) groups is 3. The van der Waals surface area contributed by atoms with Crippen molar-refractivity contribution in [2.24, 2.45) is 5.73 Å². The van der Waals surface area contributed by atoms with Crippen molar-refractivity contribution in [2.75, 3.05) is 6.61 Å². The molecule has 0 aromatic heterocycles. The van der Waals surface area contributed by atoms with Gasteiger partial charge in [-0.05, 0) is 25.0 Å². The van der Waals surface area contributed by atoms with E-state index in [0.29, 0.717) is 6.61 Å². The molecule has 0 fully saturated rings. The summed E-state index contributed by atoms with van der Waals surface area (Å²) in [6.07, 6.45) is 6.04. The first kappa shape index (κ1) is 29.4. The summed E-state index contributed by atoms with van der Waals surface area (Å²) in [4.78, 5) is 29.4. The van der Waals surface area contributed by atoms with Crippen LogP contribution in [-0.2, 0) is 19.1 Å². The van der Waals surface area contributed by atoms with Gasteiger partial charge in [-0.1, -0.05) is 76.1 Å². The molecule has 0 spiro atoms. The Morgan fingerprint density at radius 3 is 1.82 bits per heavy atom. The first-order valence-corrected chi connectivity index (χ1v) is 8.43. The zero-order valence-electron chi connectivity index (χ0n) is 16.7. The van der Waals surface area contributed by atoms with Crippen molar-refractivity contribution >= 4 is 23.9 Å². The van der Waals surface area contributed by atoms with Crippen molar-refractivity contribution in [1.82, 2.24) is 0 Å². The number of carboxylic acid groups (broad SMARTS) is 1. The largest absolute Gasteiger partial charge is 0.478 e. The topological polar surface area (TPSA) is 107 Å². The van der Waals surface area contributed by atoms with Crippen molar-refractivity contribution in [3.63, 3.8) is 0 Å². The molecule has 6 nitrogen and oxygen atoms in total. The Morgan fingerprint density at radius 1 is 1.11 bits per heavy atom. The van der Waals surface area contributed by atoms with Crippen molar-refractivity contribution in [3.05, 3.63) is 79.9 Å². The van der Waals surface area contributed by atoms with E-state index in [1.807, 2.05) is 43.3 Å². The highest BCUT2D eigenvalue weighted by atomic mass is 16.5. The van der Waals surface area contributed by atoms with Crippen molar-refractivity contribution < 1.29 is 24.2 Å². The van der Waals surface area contributed by atoms with Crippen molar-refractivity contribution in [3.8, 4) is 0 Å². The Balaban J connectivity index is -0.000000306. The van der Waals surface area contributed by atoms with Gasteiger partial charge in [0, 0.05) is 11.6 Å². The monoisotopic (exact) mass is 389 g/mol. The quantitative estimate of drug-likeness (QED) is 0.414. The van der Waals surface area contributed by atoms with Gasteiger partial charge in [-0.15, -0.1) is 0 Å². The number of ether oxygens (including phenoxy) is 1. The molecule has 1 aromatic rings. The molecule has 0 unspecified atom stereocenters. The summed E-state index contributed by atoms with van der Waals surface area (Å²) in [5, 5.41) is 7.89. The van der Waals surface area contributed by atoms with Crippen LogP contribution >= 0.6 is 0 Å². The van der Waals surface area contributed by atoms with Crippen molar-refractivity contribution in [1.29, 1.82) is 0 Å². The average molecular weight is 389 g/mol. The van der Waals surface area contributed by atoms with Crippen LogP contribution in [0.5, 0.6) is 0 Å². The fourth-order valence-electron chi connectivity index (χ4n) is 0.965. The summed E-state index contributed by atoms with van der Waals surface area (Å²) in [6.45, 7) is 17.1. The molecule has 0 saturated carbocycles. The Morgan fingerprint density at radius 2 is 1.57 bits per heavy atom. The second-order valence-electron chi connectivity index (χ2n) is 5.03. The molecule has 0 heterocycles. The summed E-state index contributed by atoms with van der Waals surface area (Å²) in [7, 11) is 0. The smallest absolute Gasteiger partial charge is 0.330 e. The predicted octanol–water partition coefficient (Wildman–Crippen LogP) is 4.15. The fourth-order valence-corrected chi connectivity index (χ4v) is 0.965. The van der Waals surface area contributed by atoms with E-state index in [1.165, 1.54) is 18.6 Å². The first-order chi connectivity index (χ1) is 13.2. The third-order valence-electron chi connectivity index (χ3n) is 2.51. The molecule has 0 aliphatic heterocycles.